The molecule has 0 aromatic heterocycles. The second-order valence-electron chi connectivity index (χ2n) is 4.84. The minimum atomic E-state index is -0.242. The Balaban J connectivity index is 2.75. The van der Waals surface area contributed by atoms with Crippen LogP contribution in [0.4, 0.5) is 0 Å². The standard InChI is InChI=1S/C13H25BrO6/c1-9-5-10(14)12(19-7-16-3)13(20-8-17-4)11(9)18-6-15-2/h9-13H,5-8H2,1-4H3/t9-,10+,11-,12-,13-/m1/s1. The van der Waals surface area contributed by atoms with E-state index in [2.05, 4.69) is 22.9 Å². The molecule has 0 heterocycles. The number of halogens is 1. The first-order chi connectivity index (χ1) is 9.65. The average molecular weight is 357 g/mol. The Hall–Kier alpha value is 0.240. The van der Waals surface area contributed by atoms with Gasteiger partial charge in [0.15, 0.2) is 0 Å². The van der Waals surface area contributed by atoms with E-state index in [4.69, 9.17) is 28.4 Å². The fraction of sp³-hybridized carbons (Fsp3) is 1.00. The van der Waals surface area contributed by atoms with Crippen LogP contribution in [-0.4, -0.2) is 64.8 Å². The second-order valence-corrected chi connectivity index (χ2v) is 6.02. The molecule has 0 bridgehead atoms. The van der Waals surface area contributed by atoms with Gasteiger partial charge in [-0.3, -0.25) is 0 Å². The first kappa shape index (κ1) is 18.3. The van der Waals surface area contributed by atoms with E-state index < -0.39 is 0 Å². The summed E-state index contributed by atoms with van der Waals surface area (Å²) in [6.07, 6.45) is 0.410. The normalized spacial score (nSPS) is 34.4. The zero-order valence-corrected chi connectivity index (χ0v) is 14.1. The molecule has 0 radical (unpaired) electrons. The molecule has 0 aliphatic heterocycles. The molecule has 120 valence electrons. The lowest BCUT2D eigenvalue weighted by Crippen LogP contribution is -2.55. The molecule has 1 rings (SSSR count). The van der Waals surface area contributed by atoms with Crippen LogP contribution in [0.25, 0.3) is 0 Å². The van der Waals surface area contributed by atoms with Crippen LogP contribution in [0, 0.1) is 5.92 Å². The maximum atomic E-state index is 5.78. The molecule has 0 unspecified atom stereocenters. The smallest absolute Gasteiger partial charge is 0.146 e. The quantitative estimate of drug-likeness (QED) is 0.463. The average Bonchev–Trinajstić information content (AvgIpc) is 2.43. The maximum absolute atomic E-state index is 5.78. The van der Waals surface area contributed by atoms with Gasteiger partial charge in [0.25, 0.3) is 0 Å². The Labute approximate surface area is 129 Å². The summed E-state index contributed by atoms with van der Waals surface area (Å²) < 4.78 is 32.3. The first-order valence-corrected chi connectivity index (χ1v) is 7.52. The summed E-state index contributed by atoms with van der Waals surface area (Å²) >= 11 is 3.67. The van der Waals surface area contributed by atoms with E-state index in [-0.39, 0.29) is 43.5 Å². The Morgan fingerprint density at radius 1 is 0.800 bits per heavy atom. The van der Waals surface area contributed by atoms with E-state index >= 15 is 0 Å². The monoisotopic (exact) mass is 356 g/mol. The Morgan fingerprint density at radius 2 is 1.25 bits per heavy atom. The van der Waals surface area contributed by atoms with E-state index in [1.54, 1.807) is 21.3 Å². The molecule has 0 spiro atoms. The van der Waals surface area contributed by atoms with Gasteiger partial charge in [0.2, 0.25) is 0 Å². The minimum Gasteiger partial charge on any atom is -0.359 e. The molecule has 1 fully saturated rings. The van der Waals surface area contributed by atoms with Gasteiger partial charge in [-0.05, 0) is 12.3 Å². The number of methoxy groups -OCH3 is 3. The van der Waals surface area contributed by atoms with E-state index in [1.165, 1.54) is 0 Å². The predicted molar refractivity (Wildman–Crippen MR) is 76.7 cm³/mol. The van der Waals surface area contributed by atoms with Crippen molar-refractivity contribution in [3.8, 4) is 0 Å². The molecule has 1 aliphatic carbocycles. The van der Waals surface area contributed by atoms with Crippen molar-refractivity contribution in [2.24, 2.45) is 5.92 Å². The number of alkyl halides is 1. The summed E-state index contributed by atoms with van der Waals surface area (Å²) in [7, 11) is 4.79. The lowest BCUT2D eigenvalue weighted by molar-refractivity contribution is -0.229. The summed E-state index contributed by atoms with van der Waals surface area (Å²) in [6, 6.07) is 0. The number of rotatable bonds is 9. The van der Waals surface area contributed by atoms with Gasteiger partial charge in [0.05, 0.1) is 6.10 Å². The van der Waals surface area contributed by atoms with Gasteiger partial charge in [0, 0.05) is 26.2 Å². The number of ether oxygens (including phenoxy) is 6. The molecular weight excluding hydrogens is 332 g/mol. The topological polar surface area (TPSA) is 55.4 Å². The summed E-state index contributed by atoms with van der Waals surface area (Å²) in [5.41, 5.74) is 0. The fourth-order valence-electron chi connectivity index (χ4n) is 2.43. The van der Waals surface area contributed by atoms with Gasteiger partial charge in [0.1, 0.15) is 32.6 Å². The third kappa shape index (κ3) is 5.22. The molecule has 20 heavy (non-hydrogen) atoms. The third-order valence-electron chi connectivity index (χ3n) is 3.30. The van der Waals surface area contributed by atoms with Gasteiger partial charge >= 0.3 is 0 Å². The van der Waals surface area contributed by atoms with Gasteiger partial charge in [-0.1, -0.05) is 22.9 Å². The third-order valence-corrected chi connectivity index (χ3v) is 4.19. The van der Waals surface area contributed by atoms with Crippen molar-refractivity contribution in [3.05, 3.63) is 0 Å². The molecule has 1 saturated carbocycles. The van der Waals surface area contributed by atoms with E-state index in [0.29, 0.717) is 5.92 Å². The highest BCUT2D eigenvalue weighted by Gasteiger charge is 2.44. The van der Waals surface area contributed by atoms with Crippen LogP contribution in [0.15, 0.2) is 0 Å². The lowest BCUT2D eigenvalue weighted by atomic mass is 9.83. The number of hydrogen-bond acceptors (Lipinski definition) is 6. The van der Waals surface area contributed by atoms with Crippen molar-refractivity contribution >= 4 is 15.9 Å². The van der Waals surface area contributed by atoms with Crippen LogP contribution in [0.3, 0.4) is 0 Å². The predicted octanol–water partition coefficient (Wildman–Crippen LogP) is 1.76. The molecule has 0 amide bonds. The molecule has 6 nitrogen and oxygen atoms in total. The van der Waals surface area contributed by atoms with E-state index in [9.17, 15) is 0 Å². The second kappa shape index (κ2) is 10.0. The van der Waals surface area contributed by atoms with Crippen molar-refractivity contribution < 1.29 is 28.4 Å². The molecule has 0 N–H and O–H groups in total. The minimum absolute atomic E-state index is 0.110. The highest BCUT2D eigenvalue weighted by molar-refractivity contribution is 9.09. The zero-order chi connectivity index (χ0) is 15.0. The van der Waals surface area contributed by atoms with Gasteiger partial charge in [-0.15, -0.1) is 0 Å². The molecule has 7 heteroatoms. The largest absolute Gasteiger partial charge is 0.359 e. The van der Waals surface area contributed by atoms with Crippen molar-refractivity contribution in [1.82, 2.24) is 0 Å². The Kier molecular flexibility index (Phi) is 9.19. The van der Waals surface area contributed by atoms with Crippen LogP contribution in [0.1, 0.15) is 13.3 Å². The summed E-state index contributed by atoms with van der Waals surface area (Å²) in [6.45, 7) is 2.76. The molecule has 5 atom stereocenters. The van der Waals surface area contributed by atoms with E-state index in [0.717, 1.165) is 6.42 Å². The SMILES string of the molecule is COCO[C@@H]1[C@H](OCOC)[C@H](C)C[C@H](Br)[C@H]1OCOC. The molecule has 0 saturated heterocycles. The maximum Gasteiger partial charge on any atom is 0.146 e. The van der Waals surface area contributed by atoms with Crippen molar-refractivity contribution in [3.63, 3.8) is 0 Å². The van der Waals surface area contributed by atoms with Gasteiger partial charge in [-0.25, -0.2) is 0 Å². The first-order valence-electron chi connectivity index (χ1n) is 6.61. The van der Waals surface area contributed by atoms with Crippen molar-refractivity contribution in [1.29, 1.82) is 0 Å². The van der Waals surface area contributed by atoms with Gasteiger partial charge in [-0.2, -0.15) is 0 Å². The van der Waals surface area contributed by atoms with Crippen LogP contribution in [0.5, 0.6) is 0 Å². The lowest BCUT2D eigenvalue weighted by Gasteiger charge is -2.43. The van der Waals surface area contributed by atoms with Crippen molar-refractivity contribution in [2.75, 3.05) is 41.7 Å². The van der Waals surface area contributed by atoms with Gasteiger partial charge < -0.3 is 28.4 Å². The molecule has 1 aliphatic rings. The van der Waals surface area contributed by atoms with Crippen molar-refractivity contribution in [2.45, 2.75) is 36.5 Å². The molecule has 0 aromatic rings. The van der Waals surface area contributed by atoms with Crippen LogP contribution < -0.4 is 0 Å². The number of hydrogen-bond donors (Lipinski definition) is 0. The van der Waals surface area contributed by atoms with Crippen LogP contribution in [-0.2, 0) is 28.4 Å². The van der Waals surface area contributed by atoms with Crippen LogP contribution in [0.2, 0.25) is 0 Å². The highest BCUT2D eigenvalue weighted by atomic mass is 79.9. The van der Waals surface area contributed by atoms with Crippen LogP contribution >= 0.6 is 15.9 Å². The Bertz CT molecular complexity index is 235. The molecule has 0 aromatic carbocycles. The zero-order valence-electron chi connectivity index (χ0n) is 12.5. The summed E-state index contributed by atoms with van der Waals surface area (Å²) in [5.74, 6) is 0.318. The summed E-state index contributed by atoms with van der Waals surface area (Å²) in [5, 5.41) is 0. The summed E-state index contributed by atoms with van der Waals surface area (Å²) in [4.78, 5) is 0.178. The fourth-order valence-corrected chi connectivity index (χ4v) is 3.47. The molecular formula is C13H25BrO6. The van der Waals surface area contributed by atoms with E-state index in [1.807, 2.05) is 0 Å². The Morgan fingerprint density at radius 3 is 1.75 bits per heavy atom. The highest BCUT2D eigenvalue weighted by Crippen LogP contribution is 2.35.